The summed E-state index contributed by atoms with van der Waals surface area (Å²) >= 11 is 1.86. The fourth-order valence-electron chi connectivity index (χ4n) is 3.83. The molecule has 0 bridgehead atoms. The first-order valence-electron chi connectivity index (χ1n) is 9.49. The number of carbonyl (C=O) groups is 1. The summed E-state index contributed by atoms with van der Waals surface area (Å²) < 4.78 is 0. The third kappa shape index (κ3) is 5.04. The number of hydrogen-bond donors (Lipinski definition) is 0. The van der Waals surface area contributed by atoms with Gasteiger partial charge in [0.15, 0.2) is 0 Å². The van der Waals surface area contributed by atoms with Crippen molar-refractivity contribution in [2.75, 3.05) is 52.4 Å². The Morgan fingerprint density at radius 2 is 1.88 bits per heavy atom. The zero-order chi connectivity index (χ0) is 16.8. The Morgan fingerprint density at radius 3 is 2.50 bits per heavy atom. The number of carbonyl (C=O) groups excluding carboxylic acids is 1. The van der Waals surface area contributed by atoms with Gasteiger partial charge in [-0.3, -0.25) is 4.79 Å². The SMILES string of the molecule is CCN1CCN(C(=O)CC2CCN(CCc3cccs3)CC2)CC1. The van der Waals surface area contributed by atoms with E-state index in [4.69, 9.17) is 0 Å². The molecule has 0 spiro atoms. The molecular formula is C19H31N3OS. The first kappa shape index (κ1) is 17.9. The van der Waals surface area contributed by atoms with Crippen molar-refractivity contribution in [2.24, 2.45) is 5.92 Å². The van der Waals surface area contributed by atoms with Crippen LogP contribution in [0, 0.1) is 5.92 Å². The van der Waals surface area contributed by atoms with Crippen molar-refractivity contribution in [3.63, 3.8) is 0 Å². The molecule has 3 rings (SSSR count). The zero-order valence-electron chi connectivity index (χ0n) is 15.0. The Morgan fingerprint density at radius 1 is 1.12 bits per heavy atom. The molecule has 1 aromatic heterocycles. The van der Waals surface area contributed by atoms with Crippen molar-refractivity contribution in [3.05, 3.63) is 22.4 Å². The Labute approximate surface area is 150 Å². The molecule has 0 aliphatic carbocycles. The van der Waals surface area contributed by atoms with Crippen LogP contribution in [0.1, 0.15) is 31.1 Å². The predicted octanol–water partition coefficient (Wildman–Crippen LogP) is 2.56. The van der Waals surface area contributed by atoms with E-state index in [1.165, 1.54) is 30.7 Å². The minimum atomic E-state index is 0.391. The molecule has 0 aromatic carbocycles. The van der Waals surface area contributed by atoms with E-state index < -0.39 is 0 Å². The van der Waals surface area contributed by atoms with Crippen molar-refractivity contribution in [2.45, 2.75) is 32.6 Å². The number of piperazine rings is 1. The molecular weight excluding hydrogens is 318 g/mol. The summed E-state index contributed by atoms with van der Waals surface area (Å²) in [5, 5.41) is 2.16. The number of nitrogens with zero attached hydrogens (tertiary/aromatic N) is 3. The zero-order valence-corrected chi connectivity index (χ0v) is 15.8. The van der Waals surface area contributed by atoms with Crippen LogP contribution in [0.5, 0.6) is 0 Å². The predicted molar refractivity (Wildman–Crippen MR) is 100 cm³/mol. The van der Waals surface area contributed by atoms with Gasteiger partial charge < -0.3 is 14.7 Å². The standard InChI is InChI=1S/C19H31N3OS/c1-2-20-11-13-22(14-12-20)19(23)16-17-5-8-21(9-6-17)10-7-18-4-3-15-24-18/h3-4,15,17H,2,5-14,16H2,1H3. The van der Waals surface area contributed by atoms with Crippen LogP contribution in [0.3, 0.4) is 0 Å². The first-order chi connectivity index (χ1) is 11.7. The van der Waals surface area contributed by atoms with Crippen molar-refractivity contribution < 1.29 is 4.79 Å². The highest BCUT2D eigenvalue weighted by molar-refractivity contribution is 7.09. The lowest BCUT2D eigenvalue weighted by molar-refractivity contribution is -0.134. The van der Waals surface area contributed by atoms with Crippen molar-refractivity contribution in [3.8, 4) is 0 Å². The van der Waals surface area contributed by atoms with Crippen LogP contribution >= 0.6 is 11.3 Å². The number of piperidine rings is 1. The van der Waals surface area contributed by atoms with Crippen LogP contribution in [0.4, 0.5) is 0 Å². The first-order valence-corrected chi connectivity index (χ1v) is 10.4. The van der Waals surface area contributed by atoms with Gasteiger partial charge in [0.05, 0.1) is 0 Å². The Bertz CT molecular complexity index is 489. The normalized spacial score (nSPS) is 21.3. The Kier molecular flexibility index (Phi) is 6.69. The summed E-state index contributed by atoms with van der Waals surface area (Å²) in [5.41, 5.74) is 0. The molecule has 3 heterocycles. The number of hydrogen-bond acceptors (Lipinski definition) is 4. The minimum absolute atomic E-state index is 0.391. The highest BCUT2D eigenvalue weighted by atomic mass is 32.1. The molecule has 134 valence electrons. The minimum Gasteiger partial charge on any atom is -0.340 e. The molecule has 0 atom stereocenters. The molecule has 5 heteroatoms. The van der Waals surface area contributed by atoms with E-state index in [-0.39, 0.29) is 0 Å². The van der Waals surface area contributed by atoms with Crippen molar-refractivity contribution >= 4 is 17.2 Å². The quantitative estimate of drug-likeness (QED) is 0.790. The summed E-state index contributed by atoms with van der Waals surface area (Å²) in [4.78, 5) is 21.1. The molecule has 1 aromatic rings. The van der Waals surface area contributed by atoms with Gasteiger partial charge in [-0.1, -0.05) is 13.0 Å². The van der Waals surface area contributed by atoms with Gasteiger partial charge in [-0.05, 0) is 56.3 Å². The summed E-state index contributed by atoms with van der Waals surface area (Å²) in [6, 6.07) is 4.37. The van der Waals surface area contributed by atoms with Gasteiger partial charge in [0.25, 0.3) is 0 Å². The van der Waals surface area contributed by atoms with Gasteiger partial charge in [0.2, 0.25) is 5.91 Å². The maximum absolute atomic E-state index is 12.5. The summed E-state index contributed by atoms with van der Waals surface area (Å²) in [6.07, 6.45) is 4.31. The average molecular weight is 350 g/mol. The third-order valence-corrected chi connectivity index (χ3v) is 6.53. The molecule has 4 nitrogen and oxygen atoms in total. The average Bonchev–Trinajstić information content (AvgIpc) is 3.15. The fourth-order valence-corrected chi connectivity index (χ4v) is 4.53. The Hall–Kier alpha value is -0.910. The molecule has 2 aliphatic heterocycles. The van der Waals surface area contributed by atoms with Gasteiger partial charge >= 0.3 is 0 Å². The molecule has 0 radical (unpaired) electrons. The van der Waals surface area contributed by atoms with E-state index >= 15 is 0 Å². The number of likely N-dealkylation sites (tertiary alicyclic amines) is 1. The van der Waals surface area contributed by atoms with E-state index in [2.05, 4.69) is 39.1 Å². The third-order valence-electron chi connectivity index (χ3n) is 5.60. The van der Waals surface area contributed by atoms with Crippen LogP contribution < -0.4 is 0 Å². The Balaban J connectivity index is 1.34. The number of amides is 1. The molecule has 2 saturated heterocycles. The van der Waals surface area contributed by atoms with E-state index in [9.17, 15) is 4.79 Å². The van der Waals surface area contributed by atoms with Gasteiger partial charge in [0.1, 0.15) is 0 Å². The lowest BCUT2D eigenvalue weighted by Gasteiger charge is -2.36. The van der Waals surface area contributed by atoms with Crippen LogP contribution in [-0.4, -0.2) is 73.0 Å². The largest absolute Gasteiger partial charge is 0.340 e. The van der Waals surface area contributed by atoms with E-state index in [1.54, 1.807) is 0 Å². The lowest BCUT2D eigenvalue weighted by atomic mass is 9.92. The van der Waals surface area contributed by atoms with Crippen LogP contribution in [-0.2, 0) is 11.2 Å². The molecule has 0 unspecified atom stereocenters. The number of rotatable bonds is 6. The number of likely N-dealkylation sites (N-methyl/N-ethyl adjacent to an activating group) is 1. The maximum Gasteiger partial charge on any atom is 0.222 e. The number of thiophene rings is 1. The second kappa shape index (κ2) is 8.97. The topological polar surface area (TPSA) is 26.8 Å². The lowest BCUT2D eigenvalue weighted by Crippen LogP contribution is -2.49. The van der Waals surface area contributed by atoms with Crippen LogP contribution in [0.2, 0.25) is 0 Å². The van der Waals surface area contributed by atoms with E-state index in [0.29, 0.717) is 11.8 Å². The molecule has 1 amide bonds. The second-order valence-corrected chi connectivity index (χ2v) is 8.17. The molecule has 2 fully saturated rings. The molecule has 0 N–H and O–H groups in total. The van der Waals surface area contributed by atoms with E-state index in [1.807, 2.05) is 11.3 Å². The molecule has 2 aliphatic rings. The van der Waals surface area contributed by atoms with Crippen LogP contribution in [0.25, 0.3) is 0 Å². The summed E-state index contributed by atoms with van der Waals surface area (Å²) in [7, 11) is 0. The van der Waals surface area contributed by atoms with Gasteiger partial charge in [-0.25, -0.2) is 0 Å². The molecule has 24 heavy (non-hydrogen) atoms. The van der Waals surface area contributed by atoms with Crippen LogP contribution in [0.15, 0.2) is 17.5 Å². The monoisotopic (exact) mass is 349 g/mol. The van der Waals surface area contributed by atoms with Gasteiger partial charge in [-0.2, -0.15) is 0 Å². The maximum atomic E-state index is 12.5. The summed E-state index contributed by atoms with van der Waals surface area (Å²) in [6.45, 7) is 10.7. The highest BCUT2D eigenvalue weighted by Crippen LogP contribution is 2.22. The second-order valence-electron chi connectivity index (χ2n) is 7.13. The highest BCUT2D eigenvalue weighted by Gasteiger charge is 2.25. The fraction of sp³-hybridized carbons (Fsp3) is 0.737. The van der Waals surface area contributed by atoms with E-state index in [0.717, 1.165) is 52.2 Å². The smallest absolute Gasteiger partial charge is 0.222 e. The van der Waals surface area contributed by atoms with Gasteiger partial charge in [-0.15, -0.1) is 11.3 Å². The van der Waals surface area contributed by atoms with Crippen molar-refractivity contribution in [1.82, 2.24) is 14.7 Å². The molecule has 0 saturated carbocycles. The van der Waals surface area contributed by atoms with Crippen molar-refractivity contribution in [1.29, 1.82) is 0 Å². The summed E-state index contributed by atoms with van der Waals surface area (Å²) in [5.74, 6) is 0.988. The van der Waals surface area contributed by atoms with Gasteiger partial charge in [0, 0.05) is 44.0 Å².